The molecule has 0 radical (unpaired) electrons. The molecule has 0 saturated heterocycles. The fourth-order valence-electron chi connectivity index (χ4n) is 3.66. The Labute approximate surface area is 190 Å². The molecular weight excluding hydrogens is 416 g/mol. The molecule has 1 N–H and O–H groups in total. The summed E-state index contributed by atoms with van der Waals surface area (Å²) in [7, 11) is 0. The molecule has 0 atom stereocenters. The van der Waals surface area contributed by atoms with E-state index in [1.54, 1.807) is 18.2 Å². The highest BCUT2D eigenvalue weighted by Crippen LogP contribution is 2.25. The maximum atomic E-state index is 12.6. The normalized spacial score (nSPS) is 11.2. The molecule has 0 fully saturated rings. The Morgan fingerprint density at radius 3 is 2.52 bits per heavy atom. The van der Waals surface area contributed by atoms with Crippen molar-refractivity contribution < 1.29 is 9.72 Å². The first-order valence-corrected chi connectivity index (χ1v) is 10.3. The molecule has 3 aromatic carbocycles. The molecule has 0 aliphatic rings. The summed E-state index contributed by atoms with van der Waals surface area (Å²) in [6.07, 6.45) is 3.43. The molecule has 7 nitrogen and oxygen atoms in total. The van der Waals surface area contributed by atoms with Crippen LogP contribution < -0.4 is 5.32 Å². The van der Waals surface area contributed by atoms with Crippen LogP contribution in [0.3, 0.4) is 0 Å². The Hall–Kier alpha value is -4.70. The Balaban J connectivity index is 1.63. The third-order valence-electron chi connectivity index (χ3n) is 5.25. The number of nitrogens with one attached hydrogen (secondary N) is 1. The highest BCUT2D eigenvalue weighted by atomic mass is 16.6. The number of non-ortho nitro benzene ring substituents is 1. The lowest BCUT2D eigenvalue weighted by atomic mass is 10.1. The number of benzene rings is 3. The number of amides is 1. The van der Waals surface area contributed by atoms with Crippen LogP contribution in [0.5, 0.6) is 0 Å². The zero-order chi connectivity index (χ0) is 23.2. The Bertz CT molecular complexity index is 1400. The molecule has 0 saturated carbocycles. The molecule has 0 bridgehead atoms. The van der Waals surface area contributed by atoms with Gasteiger partial charge in [-0.3, -0.25) is 14.9 Å². The maximum Gasteiger partial charge on any atom is 0.269 e. The van der Waals surface area contributed by atoms with Crippen LogP contribution in [0.4, 0.5) is 5.69 Å². The van der Waals surface area contributed by atoms with E-state index in [1.807, 2.05) is 77.5 Å². The van der Waals surface area contributed by atoms with Crippen molar-refractivity contribution in [3.05, 3.63) is 117 Å². The number of nitro groups is 1. The summed E-state index contributed by atoms with van der Waals surface area (Å²) in [6, 6.07) is 25.6. The van der Waals surface area contributed by atoms with Crippen LogP contribution in [0.1, 0.15) is 16.7 Å². The second-order valence-electron chi connectivity index (χ2n) is 7.49. The van der Waals surface area contributed by atoms with Crippen LogP contribution in [-0.2, 0) is 17.9 Å². The Morgan fingerprint density at radius 2 is 1.76 bits per heavy atom. The topological polar surface area (TPSA) is 101 Å². The predicted molar refractivity (Wildman–Crippen MR) is 126 cm³/mol. The predicted octanol–water partition coefficient (Wildman–Crippen LogP) is 4.82. The van der Waals surface area contributed by atoms with Crippen molar-refractivity contribution in [1.82, 2.24) is 9.88 Å². The summed E-state index contributed by atoms with van der Waals surface area (Å²) in [5.41, 5.74) is 3.38. The fourth-order valence-corrected chi connectivity index (χ4v) is 3.66. The summed E-state index contributed by atoms with van der Waals surface area (Å²) in [6.45, 7) is 0.741. The summed E-state index contributed by atoms with van der Waals surface area (Å²) >= 11 is 0. The van der Waals surface area contributed by atoms with Crippen molar-refractivity contribution in [3.63, 3.8) is 0 Å². The molecule has 0 aliphatic carbocycles. The molecule has 1 amide bonds. The van der Waals surface area contributed by atoms with E-state index >= 15 is 0 Å². The summed E-state index contributed by atoms with van der Waals surface area (Å²) in [4.78, 5) is 23.3. The molecule has 4 rings (SSSR count). The summed E-state index contributed by atoms with van der Waals surface area (Å²) in [5, 5.41) is 24.4. The number of fused-ring (bicyclic) bond motifs is 1. The number of hydrogen-bond donors (Lipinski definition) is 1. The van der Waals surface area contributed by atoms with Crippen LogP contribution in [-0.4, -0.2) is 15.4 Å². The second-order valence-corrected chi connectivity index (χ2v) is 7.49. The van der Waals surface area contributed by atoms with E-state index < -0.39 is 10.8 Å². The minimum Gasteiger partial charge on any atom is -0.347 e. The smallest absolute Gasteiger partial charge is 0.269 e. The standard InChI is InChI=1S/C26H20N4O3/c27-15-21(26(31)28-16-19-7-2-1-3-8-19)14-22-18-29(25-12-5-4-11-24(22)25)17-20-9-6-10-23(13-20)30(32)33/h1-14,18H,16-17H2,(H,28,31)/b21-14-. The minimum atomic E-state index is -0.447. The minimum absolute atomic E-state index is 0.00387. The van der Waals surface area contributed by atoms with Gasteiger partial charge in [-0.1, -0.05) is 60.7 Å². The number of nitrogens with zero attached hydrogens (tertiary/aromatic N) is 3. The van der Waals surface area contributed by atoms with Gasteiger partial charge in [-0.25, -0.2) is 0 Å². The largest absolute Gasteiger partial charge is 0.347 e. The number of para-hydroxylation sites is 1. The van der Waals surface area contributed by atoms with Gasteiger partial charge in [0.1, 0.15) is 11.6 Å². The quantitative estimate of drug-likeness (QED) is 0.194. The highest BCUT2D eigenvalue weighted by molar-refractivity contribution is 6.04. The van der Waals surface area contributed by atoms with Gasteiger partial charge < -0.3 is 9.88 Å². The second kappa shape index (κ2) is 9.62. The van der Waals surface area contributed by atoms with Gasteiger partial charge in [0.05, 0.1) is 4.92 Å². The van der Waals surface area contributed by atoms with Crippen LogP contribution in [0.15, 0.2) is 90.6 Å². The van der Waals surface area contributed by atoms with E-state index in [1.165, 1.54) is 6.07 Å². The molecule has 1 aromatic heterocycles. The lowest BCUT2D eigenvalue weighted by Gasteiger charge is -2.05. The number of hydrogen-bond acceptors (Lipinski definition) is 4. The van der Waals surface area contributed by atoms with Crippen molar-refractivity contribution in [3.8, 4) is 6.07 Å². The molecule has 0 spiro atoms. The number of nitro benzene ring substituents is 1. The van der Waals surface area contributed by atoms with Crippen molar-refractivity contribution >= 4 is 28.6 Å². The third-order valence-corrected chi connectivity index (χ3v) is 5.25. The first-order valence-electron chi connectivity index (χ1n) is 10.3. The van der Waals surface area contributed by atoms with Gasteiger partial charge in [0.2, 0.25) is 0 Å². The van der Waals surface area contributed by atoms with Crippen molar-refractivity contribution in [2.24, 2.45) is 0 Å². The van der Waals surface area contributed by atoms with Crippen molar-refractivity contribution in [1.29, 1.82) is 5.26 Å². The number of carbonyl (C=O) groups excluding carboxylic acids is 1. The number of aromatic nitrogens is 1. The molecule has 1 heterocycles. The van der Waals surface area contributed by atoms with Crippen molar-refractivity contribution in [2.45, 2.75) is 13.1 Å². The maximum absolute atomic E-state index is 12.6. The molecular formula is C26H20N4O3. The summed E-state index contributed by atoms with van der Waals surface area (Å²) < 4.78 is 1.96. The number of rotatable bonds is 7. The van der Waals surface area contributed by atoms with Gasteiger partial charge in [-0.05, 0) is 23.3 Å². The molecule has 33 heavy (non-hydrogen) atoms. The monoisotopic (exact) mass is 436 g/mol. The zero-order valence-electron chi connectivity index (χ0n) is 17.6. The third kappa shape index (κ3) is 4.97. The van der Waals surface area contributed by atoms with Gasteiger partial charge in [0.25, 0.3) is 11.6 Å². The number of nitriles is 1. The Morgan fingerprint density at radius 1 is 1.03 bits per heavy atom. The van der Waals surface area contributed by atoms with Crippen LogP contribution in [0.2, 0.25) is 0 Å². The lowest BCUT2D eigenvalue weighted by molar-refractivity contribution is -0.384. The average molecular weight is 436 g/mol. The van der Waals surface area contributed by atoms with Gasteiger partial charge in [0, 0.05) is 47.9 Å². The molecule has 162 valence electrons. The Kier molecular flexibility index (Phi) is 6.28. The van der Waals surface area contributed by atoms with E-state index in [4.69, 9.17) is 0 Å². The zero-order valence-corrected chi connectivity index (χ0v) is 17.6. The number of carbonyl (C=O) groups is 1. The molecule has 0 unspecified atom stereocenters. The molecule has 0 aliphatic heterocycles. The first-order chi connectivity index (χ1) is 16.0. The van der Waals surface area contributed by atoms with Crippen LogP contribution in [0.25, 0.3) is 17.0 Å². The van der Waals surface area contributed by atoms with Gasteiger partial charge in [-0.15, -0.1) is 0 Å². The lowest BCUT2D eigenvalue weighted by Crippen LogP contribution is -2.23. The molecule has 7 heteroatoms. The van der Waals surface area contributed by atoms with Gasteiger partial charge >= 0.3 is 0 Å². The van der Waals surface area contributed by atoms with Gasteiger partial charge in [-0.2, -0.15) is 5.26 Å². The van der Waals surface area contributed by atoms with Crippen LogP contribution >= 0.6 is 0 Å². The van der Waals surface area contributed by atoms with Gasteiger partial charge in [0.15, 0.2) is 0 Å². The average Bonchev–Trinajstić information content (AvgIpc) is 3.19. The molecule has 4 aromatic rings. The summed E-state index contributed by atoms with van der Waals surface area (Å²) in [5.74, 6) is -0.447. The van der Waals surface area contributed by atoms with E-state index in [9.17, 15) is 20.2 Å². The van der Waals surface area contributed by atoms with Crippen LogP contribution in [0, 0.1) is 21.4 Å². The highest BCUT2D eigenvalue weighted by Gasteiger charge is 2.13. The first kappa shape index (κ1) is 21.5. The van der Waals surface area contributed by atoms with E-state index in [-0.39, 0.29) is 11.3 Å². The SMILES string of the molecule is N#C/C(=C/c1cn(Cc2cccc([N+](=O)[O-])c2)c2ccccc12)C(=O)NCc1ccccc1. The van der Waals surface area contributed by atoms with E-state index in [0.29, 0.717) is 13.1 Å². The van der Waals surface area contributed by atoms with Crippen molar-refractivity contribution in [2.75, 3.05) is 0 Å². The fraction of sp³-hybridized carbons (Fsp3) is 0.0769. The van der Waals surface area contributed by atoms with E-state index in [2.05, 4.69) is 5.32 Å². The van der Waals surface area contributed by atoms with E-state index in [0.717, 1.165) is 27.6 Å².